The molecule has 1 rings (SSSR count). The molecule has 1 aliphatic rings. The van der Waals surface area contributed by atoms with Crippen LogP contribution in [0.15, 0.2) is 0 Å². The third kappa shape index (κ3) is 7.08. The van der Waals surface area contributed by atoms with Gasteiger partial charge in [0.05, 0.1) is 6.10 Å². The van der Waals surface area contributed by atoms with Crippen molar-refractivity contribution < 1.29 is 5.11 Å². The second-order valence-electron chi connectivity index (χ2n) is 5.88. The minimum atomic E-state index is 0.0117. The van der Waals surface area contributed by atoms with Gasteiger partial charge in [0.15, 0.2) is 0 Å². The first-order valence-corrected chi connectivity index (χ1v) is 8.02. The van der Waals surface area contributed by atoms with E-state index in [9.17, 15) is 5.11 Å². The van der Waals surface area contributed by atoms with Gasteiger partial charge in [-0.25, -0.2) is 0 Å². The molecule has 0 aromatic heterocycles. The first-order valence-electron chi connectivity index (χ1n) is 8.02. The van der Waals surface area contributed by atoms with E-state index in [1.165, 1.54) is 77.0 Å². The van der Waals surface area contributed by atoms with E-state index in [2.05, 4.69) is 6.92 Å². The Morgan fingerprint density at radius 3 is 2.24 bits per heavy atom. The predicted molar refractivity (Wildman–Crippen MR) is 75.2 cm³/mol. The topological polar surface area (TPSA) is 20.2 Å². The minimum Gasteiger partial charge on any atom is -0.393 e. The minimum absolute atomic E-state index is 0.0117. The van der Waals surface area contributed by atoms with Crippen LogP contribution in [0.3, 0.4) is 0 Å². The number of rotatable bonds is 8. The molecule has 1 N–H and O–H groups in total. The summed E-state index contributed by atoms with van der Waals surface area (Å²) in [5.74, 6) is 0.619. The molecule has 1 nitrogen and oxygen atoms in total. The van der Waals surface area contributed by atoms with E-state index in [1.807, 2.05) is 0 Å². The molecule has 0 amide bonds. The maximum Gasteiger partial charge on any atom is 0.0568 e. The molecule has 0 heterocycles. The fraction of sp³-hybridized carbons (Fsp3) is 1.00. The quantitative estimate of drug-likeness (QED) is 0.464. The van der Waals surface area contributed by atoms with E-state index >= 15 is 0 Å². The van der Waals surface area contributed by atoms with Crippen LogP contribution >= 0.6 is 0 Å². The molecule has 1 aliphatic carbocycles. The molecule has 0 radical (unpaired) electrons. The van der Waals surface area contributed by atoms with Gasteiger partial charge < -0.3 is 5.11 Å². The molecular formula is C16H32O. The summed E-state index contributed by atoms with van der Waals surface area (Å²) in [7, 11) is 0. The van der Waals surface area contributed by atoms with Gasteiger partial charge in [-0.15, -0.1) is 0 Å². The van der Waals surface area contributed by atoms with Crippen molar-refractivity contribution in [3.63, 3.8) is 0 Å². The molecule has 2 unspecified atom stereocenters. The Bertz CT molecular complexity index is 167. The highest BCUT2D eigenvalue weighted by molar-refractivity contribution is 4.72. The van der Waals surface area contributed by atoms with Crippen molar-refractivity contribution in [1.82, 2.24) is 0 Å². The molecule has 2 atom stereocenters. The van der Waals surface area contributed by atoms with Crippen LogP contribution in [0, 0.1) is 5.92 Å². The third-order valence-electron chi connectivity index (χ3n) is 4.30. The molecule has 0 spiro atoms. The van der Waals surface area contributed by atoms with Crippen molar-refractivity contribution in [2.75, 3.05) is 0 Å². The van der Waals surface area contributed by atoms with Crippen molar-refractivity contribution in [2.24, 2.45) is 5.92 Å². The van der Waals surface area contributed by atoms with Gasteiger partial charge in [-0.05, 0) is 25.2 Å². The Morgan fingerprint density at radius 2 is 1.47 bits per heavy atom. The second-order valence-corrected chi connectivity index (χ2v) is 5.88. The molecular weight excluding hydrogens is 208 g/mol. The molecule has 0 saturated heterocycles. The fourth-order valence-corrected chi connectivity index (χ4v) is 3.07. The monoisotopic (exact) mass is 240 g/mol. The van der Waals surface area contributed by atoms with Crippen LogP contribution in [0.2, 0.25) is 0 Å². The van der Waals surface area contributed by atoms with Crippen molar-refractivity contribution in [3.05, 3.63) is 0 Å². The van der Waals surface area contributed by atoms with Crippen LogP contribution in [0.25, 0.3) is 0 Å². The number of unbranched alkanes of at least 4 members (excludes halogenated alkanes) is 6. The first kappa shape index (κ1) is 15.0. The Hall–Kier alpha value is -0.0400. The summed E-state index contributed by atoms with van der Waals surface area (Å²) in [5, 5.41) is 10.0. The van der Waals surface area contributed by atoms with Crippen molar-refractivity contribution >= 4 is 0 Å². The molecule has 1 fully saturated rings. The molecule has 1 heteroatoms. The van der Waals surface area contributed by atoms with Crippen molar-refractivity contribution in [1.29, 1.82) is 0 Å². The van der Waals surface area contributed by atoms with E-state index in [0.717, 1.165) is 6.42 Å². The van der Waals surface area contributed by atoms with Crippen LogP contribution < -0.4 is 0 Å². The molecule has 17 heavy (non-hydrogen) atoms. The lowest BCUT2D eigenvalue weighted by Gasteiger charge is -2.19. The van der Waals surface area contributed by atoms with Gasteiger partial charge in [-0.1, -0.05) is 71.1 Å². The van der Waals surface area contributed by atoms with Gasteiger partial charge in [-0.2, -0.15) is 0 Å². The van der Waals surface area contributed by atoms with Crippen molar-refractivity contribution in [2.45, 2.75) is 96.5 Å². The van der Waals surface area contributed by atoms with E-state index in [4.69, 9.17) is 0 Å². The summed E-state index contributed by atoms with van der Waals surface area (Å²) in [6.45, 7) is 2.27. The smallest absolute Gasteiger partial charge is 0.0568 e. The van der Waals surface area contributed by atoms with E-state index in [-0.39, 0.29) is 6.10 Å². The highest BCUT2D eigenvalue weighted by atomic mass is 16.3. The SMILES string of the molecule is CCCCCCCCCC1CCCCCC1O. The first-order chi connectivity index (χ1) is 8.34. The van der Waals surface area contributed by atoms with Crippen molar-refractivity contribution in [3.8, 4) is 0 Å². The zero-order chi connectivity index (χ0) is 12.3. The van der Waals surface area contributed by atoms with Crippen LogP contribution in [0.1, 0.15) is 90.4 Å². The standard InChI is InChI=1S/C16H32O/c1-2-3-4-5-6-7-9-12-15-13-10-8-11-14-16(15)17/h15-17H,2-14H2,1H3. The molecule has 0 aromatic carbocycles. The van der Waals surface area contributed by atoms with Gasteiger partial charge in [-0.3, -0.25) is 0 Å². The lowest BCUT2D eigenvalue weighted by atomic mass is 9.91. The molecule has 1 saturated carbocycles. The lowest BCUT2D eigenvalue weighted by molar-refractivity contribution is 0.0942. The summed E-state index contributed by atoms with van der Waals surface area (Å²) in [6.07, 6.45) is 17.3. The Balaban J connectivity index is 1.97. The highest BCUT2D eigenvalue weighted by Gasteiger charge is 2.20. The second kappa shape index (κ2) is 9.94. The Kier molecular flexibility index (Phi) is 8.78. The normalized spacial score (nSPS) is 25.8. The van der Waals surface area contributed by atoms with Gasteiger partial charge in [0.1, 0.15) is 0 Å². The zero-order valence-corrected chi connectivity index (χ0v) is 11.8. The summed E-state index contributed by atoms with van der Waals surface area (Å²) < 4.78 is 0. The maximum absolute atomic E-state index is 10.0. The van der Waals surface area contributed by atoms with E-state index < -0.39 is 0 Å². The summed E-state index contributed by atoms with van der Waals surface area (Å²) in [6, 6.07) is 0. The molecule has 0 aliphatic heterocycles. The number of aliphatic hydroxyl groups is 1. The Morgan fingerprint density at radius 1 is 0.824 bits per heavy atom. The average Bonchev–Trinajstić information content (AvgIpc) is 2.53. The van der Waals surface area contributed by atoms with Gasteiger partial charge in [0.25, 0.3) is 0 Å². The fourth-order valence-electron chi connectivity index (χ4n) is 3.07. The summed E-state index contributed by atoms with van der Waals surface area (Å²) in [5.41, 5.74) is 0. The highest BCUT2D eigenvalue weighted by Crippen LogP contribution is 2.27. The lowest BCUT2D eigenvalue weighted by Crippen LogP contribution is -2.18. The van der Waals surface area contributed by atoms with Crippen LogP contribution in [0.4, 0.5) is 0 Å². The molecule has 0 aromatic rings. The zero-order valence-electron chi connectivity index (χ0n) is 11.8. The number of hydrogen-bond donors (Lipinski definition) is 1. The third-order valence-corrected chi connectivity index (χ3v) is 4.30. The average molecular weight is 240 g/mol. The van der Waals surface area contributed by atoms with E-state index in [0.29, 0.717) is 5.92 Å². The number of hydrogen-bond acceptors (Lipinski definition) is 1. The van der Waals surface area contributed by atoms with Gasteiger partial charge >= 0.3 is 0 Å². The predicted octanol–water partition coefficient (Wildman–Crippen LogP) is 5.07. The molecule has 102 valence electrons. The van der Waals surface area contributed by atoms with Gasteiger partial charge in [0.2, 0.25) is 0 Å². The molecule has 0 bridgehead atoms. The van der Waals surface area contributed by atoms with Crippen LogP contribution in [0.5, 0.6) is 0 Å². The van der Waals surface area contributed by atoms with Crippen LogP contribution in [-0.2, 0) is 0 Å². The van der Waals surface area contributed by atoms with E-state index in [1.54, 1.807) is 0 Å². The summed E-state index contributed by atoms with van der Waals surface area (Å²) in [4.78, 5) is 0. The summed E-state index contributed by atoms with van der Waals surface area (Å²) >= 11 is 0. The van der Waals surface area contributed by atoms with Crippen LogP contribution in [-0.4, -0.2) is 11.2 Å². The Labute approximate surface area is 108 Å². The number of aliphatic hydroxyl groups excluding tert-OH is 1. The largest absolute Gasteiger partial charge is 0.393 e. The maximum atomic E-state index is 10.0. The van der Waals surface area contributed by atoms with Gasteiger partial charge in [0, 0.05) is 0 Å².